The summed E-state index contributed by atoms with van der Waals surface area (Å²) in [7, 11) is 1.73. The number of hydrogen-bond donors (Lipinski definition) is 1. The van der Waals surface area contributed by atoms with Gasteiger partial charge in [-0.2, -0.15) is 5.10 Å². The number of aromatic nitrogens is 3. The number of unbranched alkanes of at least 4 members (excludes halogenated alkanes) is 1. The van der Waals surface area contributed by atoms with Crippen LogP contribution in [0.1, 0.15) is 38.3 Å². The van der Waals surface area contributed by atoms with Gasteiger partial charge in [0, 0.05) is 33.0 Å². The molecule has 0 radical (unpaired) electrons. The number of aryl methyl sites for hydroxylation is 3. The van der Waals surface area contributed by atoms with Gasteiger partial charge in [0.25, 0.3) is 0 Å². The second-order valence-electron chi connectivity index (χ2n) is 4.32. The van der Waals surface area contributed by atoms with E-state index in [4.69, 9.17) is 4.74 Å². The fraction of sp³-hybridized carbons (Fsp3) is 0.846. The number of nitrogens with zero attached hydrogens (tertiary/aromatic N) is 3. The lowest BCUT2D eigenvalue weighted by Gasteiger charge is -2.05. The molecular formula is C13H26N4O. The van der Waals surface area contributed by atoms with Crippen LogP contribution in [0.15, 0.2) is 0 Å². The van der Waals surface area contributed by atoms with Gasteiger partial charge in [0.1, 0.15) is 5.82 Å². The zero-order valence-electron chi connectivity index (χ0n) is 11.9. The van der Waals surface area contributed by atoms with Gasteiger partial charge in [-0.15, -0.1) is 0 Å². The van der Waals surface area contributed by atoms with Crippen LogP contribution in [0.4, 0.5) is 0 Å². The van der Waals surface area contributed by atoms with Gasteiger partial charge >= 0.3 is 0 Å². The Morgan fingerprint density at radius 2 is 2.00 bits per heavy atom. The summed E-state index contributed by atoms with van der Waals surface area (Å²) in [5.41, 5.74) is 0. The molecule has 104 valence electrons. The fourth-order valence-electron chi connectivity index (χ4n) is 1.83. The first kappa shape index (κ1) is 15.1. The van der Waals surface area contributed by atoms with Crippen molar-refractivity contribution >= 4 is 0 Å². The Bertz CT molecular complexity index is 325. The summed E-state index contributed by atoms with van der Waals surface area (Å²) in [5, 5.41) is 7.86. The molecular weight excluding hydrogens is 228 g/mol. The fourth-order valence-corrected chi connectivity index (χ4v) is 1.83. The van der Waals surface area contributed by atoms with Crippen molar-refractivity contribution in [1.29, 1.82) is 0 Å². The largest absolute Gasteiger partial charge is 0.383 e. The normalized spacial score (nSPS) is 11.1. The summed E-state index contributed by atoms with van der Waals surface area (Å²) < 4.78 is 7.04. The molecule has 0 aliphatic carbocycles. The molecule has 0 amide bonds. The number of ether oxygens (including phenoxy) is 1. The quantitative estimate of drug-likeness (QED) is 0.642. The Kier molecular flexibility index (Phi) is 7.60. The summed E-state index contributed by atoms with van der Waals surface area (Å²) in [6, 6.07) is 0. The molecule has 0 bridgehead atoms. The van der Waals surface area contributed by atoms with E-state index < -0.39 is 0 Å². The van der Waals surface area contributed by atoms with Crippen LogP contribution < -0.4 is 5.32 Å². The van der Waals surface area contributed by atoms with Gasteiger partial charge in [-0.05, 0) is 19.4 Å². The van der Waals surface area contributed by atoms with Gasteiger partial charge in [-0.1, -0.05) is 13.8 Å². The van der Waals surface area contributed by atoms with Crippen LogP contribution in [0.5, 0.6) is 0 Å². The van der Waals surface area contributed by atoms with E-state index in [1.54, 1.807) is 7.11 Å². The average Bonchev–Trinajstić information content (AvgIpc) is 2.80. The van der Waals surface area contributed by atoms with Crippen LogP contribution in [0.3, 0.4) is 0 Å². The highest BCUT2D eigenvalue weighted by Crippen LogP contribution is 2.03. The lowest BCUT2D eigenvalue weighted by molar-refractivity contribution is 0.199. The molecule has 0 aliphatic rings. The first-order valence-electron chi connectivity index (χ1n) is 6.94. The SMILES string of the molecule is CCc1nc(CC)n(CCCCNCCOC)n1. The minimum absolute atomic E-state index is 0.781. The first-order chi connectivity index (χ1) is 8.81. The van der Waals surface area contributed by atoms with Crippen LogP contribution in [-0.2, 0) is 24.1 Å². The molecule has 1 heterocycles. The van der Waals surface area contributed by atoms with E-state index in [0.717, 1.165) is 63.6 Å². The lowest BCUT2D eigenvalue weighted by atomic mass is 10.3. The molecule has 0 atom stereocenters. The van der Waals surface area contributed by atoms with E-state index in [0.29, 0.717) is 0 Å². The molecule has 1 aromatic rings. The van der Waals surface area contributed by atoms with Crippen molar-refractivity contribution in [3.8, 4) is 0 Å². The zero-order chi connectivity index (χ0) is 13.2. The van der Waals surface area contributed by atoms with Crippen LogP contribution in [0.2, 0.25) is 0 Å². The third-order valence-corrected chi connectivity index (χ3v) is 2.88. The Labute approximate surface area is 110 Å². The standard InChI is InChI=1S/C13H26N4O/c1-4-12-15-13(5-2)17(16-12)10-7-6-8-14-9-11-18-3/h14H,4-11H2,1-3H3. The highest BCUT2D eigenvalue weighted by Gasteiger charge is 2.05. The van der Waals surface area contributed by atoms with Crippen molar-refractivity contribution in [3.05, 3.63) is 11.6 Å². The number of nitrogens with one attached hydrogen (secondary N) is 1. The molecule has 18 heavy (non-hydrogen) atoms. The second kappa shape index (κ2) is 9.05. The smallest absolute Gasteiger partial charge is 0.150 e. The zero-order valence-corrected chi connectivity index (χ0v) is 11.9. The highest BCUT2D eigenvalue weighted by atomic mass is 16.5. The summed E-state index contributed by atoms with van der Waals surface area (Å²) >= 11 is 0. The molecule has 0 unspecified atom stereocenters. The molecule has 5 heteroatoms. The predicted molar refractivity (Wildman–Crippen MR) is 72.8 cm³/mol. The summed E-state index contributed by atoms with van der Waals surface area (Å²) in [4.78, 5) is 4.51. The second-order valence-corrected chi connectivity index (χ2v) is 4.32. The van der Waals surface area contributed by atoms with Crippen molar-refractivity contribution in [1.82, 2.24) is 20.1 Å². The molecule has 1 rings (SSSR count). The van der Waals surface area contributed by atoms with Crippen molar-refractivity contribution in [2.45, 2.75) is 46.1 Å². The van der Waals surface area contributed by atoms with Crippen molar-refractivity contribution < 1.29 is 4.74 Å². The van der Waals surface area contributed by atoms with Gasteiger partial charge in [-0.25, -0.2) is 9.67 Å². The van der Waals surface area contributed by atoms with Crippen LogP contribution >= 0.6 is 0 Å². The van der Waals surface area contributed by atoms with E-state index >= 15 is 0 Å². The van der Waals surface area contributed by atoms with Crippen molar-refractivity contribution in [2.24, 2.45) is 0 Å². The van der Waals surface area contributed by atoms with E-state index in [1.807, 2.05) is 0 Å². The topological polar surface area (TPSA) is 52.0 Å². The predicted octanol–water partition coefficient (Wildman–Crippen LogP) is 1.42. The summed E-state index contributed by atoms with van der Waals surface area (Å²) in [6.07, 6.45) is 4.17. The molecule has 0 fully saturated rings. The molecule has 0 saturated carbocycles. The third kappa shape index (κ3) is 5.14. The average molecular weight is 254 g/mol. The number of hydrogen-bond acceptors (Lipinski definition) is 4. The van der Waals surface area contributed by atoms with Gasteiger partial charge < -0.3 is 10.1 Å². The number of methoxy groups -OCH3 is 1. The first-order valence-corrected chi connectivity index (χ1v) is 6.94. The third-order valence-electron chi connectivity index (χ3n) is 2.88. The molecule has 0 saturated heterocycles. The van der Waals surface area contributed by atoms with E-state index in [1.165, 1.54) is 0 Å². The minimum Gasteiger partial charge on any atom is -0.383 e. The molecule has 0 spiro atoms. The Morgan fingerprint density at radius 3 is 2.67 bits per heavy atom. The molecule has 1 aromatic heterocycles. The maximum absolute atomic E-state index is 4.98. The van der Waals surface area contributed by atoms with Gasteiger partial charge in [0.05, 0.1) is 6.61 Å². The molecule has 0 aromatic carbocycles. The highest BCUT2D eigenvalue weighted by molar-refractivity contribution is 4.92. The van der Waals surface area contributed by atoms with E-state index in [2.05, 4.69) is 33.9 Å². The maximum Gasteiger partial charge on any atom is 0.150 e. The monoisotopic (exact) mass is 254 g/mol. The number of rotatable bonds is 10. The molecule has 0 aliphatic heterocycles. The Hall–Kier alpha value is -0.940. The van der Waals surface area contributed by atoms with Gasteiger partial charge in [0.15, 0.2) is 5.82 Å². The van der Waals surface area contributed by atoms with E-state index in [9.17, 15) is 0 Å². The van der Waals surface area contributed by atoms with Crippen molar-refractivity contribution in [2.75, 3.05) is 26.8 Å². The maximum atomic E-state index is 4.98. The van der Waals surface area contributed by atoms with Gasteiger partial charge in [0.2, 0.25) is 0 Å². The van der Waals surface area contributed by atoms with Crippen LogP contribution in [0, 0.1) is 0 Å². The van der Waals surface area contributed by atoms with E-state index in [-0.39, 0.29) is 0 Å². The Morgan fingerprint density at radius 1 is 1.17 bits per heavy atom. The minimum atomic E-state index is 0.781. The summed E-state index contributed by atoms with van der Waals surface area (Å²) in [6.45, 7) is 7.95. The van der Waals surface area contributed by atoms with Crippen molar-refractivity contribution in [3.63, 3.8) is 0 Å². The van der Waals surface area contributed by atoms with Crippen LogP contribution in [0.25, 0.3) is 0 Å². The lowest BCUT2D eigenvalue weighted by Crippen LogP contribution is -2.20. The molecule has 5 nitrogen and oxygen atoms in total. The van der Waals surface area contributed by atoms with Crippen LogP contribution in [-0.4, -0.2) is 41.6 Å². The Balaban J connectivity index is 2.20. The summed E-state index contributed by atoms with van der Waals surface area (Å²) in [5.74, 6) is 2.07. The van der Waals surface area contributed by atoms with Gasteiger partial charge in [-0.3, -0.25) is 0 Å². The molecule has 1 N–H and O–H groups in total.